The second-order valence-electron chi connectivity index (χ2n) is 5.70. The highest BCUT2D eigenvalue weighted by atomic mass is 19.1. The summed E-state index contributed by atoms with van der Waals surface area (Å²) in [5.74, 6) is -0.318. The van der Waals surface area contributed by atoms with Gasteiger partial charge >= 0.3 is 0 Å². The van der Waals surface area contributed by atoms with E-state index in [1.54, 1.807) is 6.07 Å². The molecular weight excluding hydrogens is 319 g/mol. The van der Waals surface area contributed by atoms with Crippen LogP contribution in [-0.2, 0) is 15.1 Å². The van der Waals surface area contributed by atoms with Crippen LogP contribution in [0.5, 0.6) is 0 Å². The maximum absolute atomic E-state index is 14.0. The minimum absolute atomic E-state index is 0.318. The number of oxime groups is 2. The Hall–Kier alpha value is -2.69. The van der Waals surface area contributed by atoms with Crippen molar-refractivity contribution in [2.75, 3.05) is 14.2 Å². The molecule has 0 aromatic heterocycles. The molecule has 1 unspecified atom stereocenters. The largest absolute Gasteiger partial charge is 0.399 e. The molecule has 0 radical (unpaired) electrons. The highest BCUT2D eigenvalue weighted by molar-refractivity contribution is 6.22. The molecule has 2 aromatic carbocycles. The fraction of sp³-hybridized carbons (Fsp3) is 0.300. The molecule has 0 saturated heterocycles. The highest BCUT2D eigenvalue weighted by Gasteiger charge is 2.40. The van der Waals surface area contributed by atoms with Gasteiger partial charge in [0.05, 0.1) is 11.1 Å². The Bertz CT molecular complexity index is 759. The van der Waals surface area contributed by atoms with Crippen molar-refractivity contribution >= 4 is 11.4 Å². The molecule has 4 nitrogen and oxygen atoms in total. The number of hydrogen-bond donors (Lipinski definition) is 0. The minimum atomic E-state index is -0.815. The maximum atomic E-state index is 14.0. The second-order valence-corrected chi connectivity index (χ2v) is 5.70. The molecule has 0 fully saturated rings. The van der Waals surface area contributed by atoms with Gasteiger partial charge in [0, 0.05) is 5.56 Å². The summed E-state index contributed by atoms with van der Waals surface area (Å²) in [7, 11) is 2.99. The standard InChI is InChI=1S/C20H23FN2O2/c1-5-18(22-24-3)20(2,16-12-9-13-17(21)14-16)19(23-25-4)15-10-7-6-8-11-15/h6-14H,5H2,1-4H3. The quantitative estimate of drug-likeness (QED) is 0.547. The molecule has 0 N–H and O–H groups in total. The lowest BCUT2D eigenvalue weighted by molar-refractivity contribution is 0.207. The first-order valence-electron chi connectivity index (χ1n) is 8.11. The Morgan fingerprint density at radius 3 is 2.24 bits per heavy atom. The maximum Gasteiger partial charge on any atom is 0.123 e. The van der Waals surface area contributed by atoms with E-state index < -0.39 is 5.41 Å². The summed E-state index contributed by atoms with van der Waals surface area (Å²) < 4.78 is 14.0. The first-order valence-corrected chi connectivity index (χ1v) is 8.11. The van der Waals surface area contributed by atoms with Gasteiger partial charge in [0.25, 0.3) is 0 Å². The van der Waals surface area contributed by atoms with Crippen LogP contribution in [0.3, 0.4) is 0 Å². The number of hydrogen-bond acceptors (Lipinski definition) is 4. The van der Waals surface area contributed by atoms with E-state index >= 15 is 0 Å². The van der Waals surface area contributed by atoms with Crippen molar-refractivity contribution in [1.82, 2.24) is 0 Å². The Morgan fingerprint density at radius 1 is 1.00 bits per heavy atom. The van der Waals surface area contributed by atoms with Gasteiger partial charge in [0.15, 0.2) is 0 Å². The number of rotatable bonds is 7. The highest BCUT2D eigenvalue weighted by Crippen LogP contribution is 2.33. The third-order valence-corrected chi connectivity index (χ3v) is 4.22. The zero-order valence-electron chi connectivity index (χ0n) is 15.0. The lowest BCUT2D eigenvalue weighted by atomic mass is 9.71. The molecule has 0 amide bonds. The van der Waals surface area contributed by atoms with Crippen molar-refractivity contribution in [3.8, 4) is 0 Å². The zero-order valence-corrected chi connectivity index (χ0v) is 15.0. The minimum Gasteiger partial charge on any atom is -0.399 e. The van der Waals surface area contributed by atoms with E-state index in [9.17, 15) is 4.39 Å². The Morgan fingerprint density at radius 2 is 1.68 bits per heavy atom. The summed E-state index contributed by atoms with van der Waals surface area (Å²) in [6.07, 6.45) is 0.608. The van der Waals surface area contributed by atoms with Crippen molar-refractivity contribution in [3.63, 3.8) is 0 Å². The molecule has 132 valence electrons. The van der Waals surface area contributed by atoms with E-state index in [0.717, 1.165) is 16.8 Å². The van der Waals surface area contributed by atoms with Crippen LogP contribution < -0.4 is 0 Å². The van der Waals surface area contributed by atoms with E-state index in [2.05, 4.69) is 10.3 Å². The number of nitrogens with zero attached hydrogens (tertiary/aromatic N) is 2. The predicted molar refractivity (Wildman–Crippen MR) is 98.5 cm³/mol. The number of benzene rings is 2. The molecule has 1 atom stereocenters. The molecule has 0 saturated carbocycles. The third-order valence-electron chi connectivity index (χ3n) is 4.22. The summed E-state index contributed by atoms with van der Waals surface area (Å²) in [5.41, 5.74) is 2.14. The topological polar surface area (TPSA) is 43.2 Å². The van der Waals surface area contributed by atoms with E-state index in [1.807, 2.05) is 50.2 Å². The Labute approximate surface area is 147 Å². The SMILES string of the molecule is CCC(=NOC)C(C)(C(=NOC)c1ccccc1)c1cccc(F)c1. The average molecular weight is 342 g/mol. The van der Waals surface area contributed by atoms with Gasteiger partial charge in [-0.1, -0.05) is 59.7 Å². The third kappa shape index (κ3) is 3.87. The Balaban J connectivity index is 2.77. The van der Waals surface area contributed by atoms with Gasteiger partial charge in [0.2, 0.25) is 0 Å². The lowest BCUT2D eigenvalue weighted by Crippen LogP contribution is -2.42. The molecule has 25 heavy (non-hydrogen) atoms. The van der Waals surface area contributed by atoms with Crippen LogP contribution >= 0.6 is 0 Å². The van der Waals surface area contributed by atoms with Crippen LogP contribution in [0.4, 0.5) is 4.39 Å². The van der Waals surface area contributed by atoms with E-state index in [0.29, 0.717) is 12.1 Å². The molecule has 0 aliphatic heterocycles. The average Bonchev–Trinajstić information content (AvgIpc) is 2.64. The first kappa shape index (κ1) is 18.6. The van der Waals surface area contributed by atoms with Gasteiger partial charge in [-0.3, -0.25) is 0 Å². The van der Waals surface area contributed by atoms with E-state index in [1.165, 1.54) is 26.4 Å². The molecule has 0 heterocycles. The van der Waals surface area contributed by atoms with Gasteiger partial charge in [-0.2, -0.15) is 0 Å². The summed E-state index contributed by atoms with van der Waals surface area (Å²) in [6.45, 7) is 3.93. The van der Waals surface area contributed by atoms with Crippen LogP contribution in [0.15, 0.2) is 64.9 Å². The van der Waals surface area contributed by atoms with Gasteiger partial charge in [-0.15, -0.1) is 0 Å². The molecule has 0 aliphatic carbocycles. The van der Waals surface area contributed by atoms with Crippen molar-refractivity contribution < 1.29 is 14.1 Å². The lowest BCUT2D eigenvalue weighted by Gasteiger charge is -2.32. The second kappa shape index (κ2) is 8.42. The normalized spacial score (nSPS) is 14.8. The Kier molecular flexibility index (Phi) is 6.28. The van der Waals surface area contributed by atoms with Gasteiger partial charge in [0.1, 0.15) is 25.7 Å². The van der Waals surface area contributed by atoms with Crippen molar-refractivity contribution in [1.29, 1.82) is 0 Å². The molecule has 2 aromatic rings. The van der Waals surface area contributed by atoms with Gasteiger partial charge in [-0.25, -0.2) is 4.39 Å². The van der Waals surface area contributed by atoms with Crippen LogP contribution in [-0.4, -0.2) is 25.6 Å². The summed E-state index contributed by atoms with van der Waals surface area (Å²) in [4.78, 5) is 10.2. The molecule has 2 rings (SSSR count). The monoisotopic (exact) mass is 342 g/mol. The van der Waals surface area contributed by atoms with Gasteiger partial charge < -0.3 is 9.68 Å². The first-order chi connectivity index (χ1) is 12.1. The van der Waals surface area contributed by atoms with Gasteiger partial charge in [-0.05, 0) is 31.0 Å². The van der Waals surface area contributed by atoms with Crippen LogP contribution in [0, 0.1) is 5.82 Å². The molecular formula is C20H23FN2O2. The summed E-state index contributed by atoms with van der Waals surface area (Å²) in [5, 5.41) is 8.49. The molecule has 5 heteroatoms. The van der Waals surface area contributed by atoms with Crippen molar-refractivity contribution in [2.24, 2.45) is 10.3 Å². The molecule has 0 spiro atoms. The smallest absolute Gasteiger partial charge is 0.123 e. The predicted octanol–water partition coefficient (Wildman–Crippen LogP) is 4.55. The fourth-order valence-corrected chi connectivity index (χ4v) is 2.98. The van der Waals surface area contributed by atoms with Crippen molar-refractivity contribution in [3.05, 3.63) is 71.5 Å². The number of halogens is 1. The van der Waals surface area contributed by atoms with Crippen LogP contribution in [0.2, 0.25) is 0 Å². The molecule has 0 bridgehead atoms. The fourth-order valence-electron chi connectivity index (χ4n) is 2.98. The molecule has 0 aliphatic rings. The van der Waals surface area contributed by atoms with Crippen LogP contribution in [0.1, 0.15) is 31.4 Å². The van der Waals surface area contributed by atoms with E-state index in [-0.39, 0.29) is 5.82 Å². The van der Waals surface area contributed by atoms with Crippen molar-refractivity contribution in [2.45, 2.75) is 25.7 Å². The summed E-state index contributed by atoms with van der Waals surface area (Å²) in [6, 6.07) is 16.1. The van der Waals surface area contributed by atoms with Crippen LogP contribution in [0.25, 0.3) is 0 Å². The van der Waals surface area contributed by atoms with E-state index in [4.69, 9.17) is 9.68 Å². The summed E-state index contributed by atoms with van der Waals surface area (Å²) >= 11 is 0. The zero-order chi connectivity index (χ0) is 18.3.